The predicted molar refractivity (Wildman–Crippen MR) is 96.2 cm³/mol. The van der Waals surface area contributed by atoms with Gasteiger partial charge in [-0.2, -0.15) is 0 Å². The van der Waals surface area contributed by atoms with Gasteiger partial charge in [-0.15, -0.1) is 0 Å². The first kappa shape index (κ1) is 19.0. The number of nitrogens with two attached hydrogens (primary N) is 1. The highest BCUT2D eigenvalue weighted by Crippen LogP contribution is 2.24. The molecule has 1 unspecified atom stereocenters. The summed E-state index contributed by atoms with van der Waals surface area (Å²) < 4.78 is 0. The fourth-order valence-electron chi connectivity index (χ4n) is 2.95. The van der Waals surface area contributed by atoms with Crippen molar-refractivity contribution in [2.45, 2.75) is 25.7 Å². The van der Waals surface area contributed by atoms with Crippen LogP contribution in [0.1, 0.15) is 24.8 Å². The summed E-state index contributed by atoms with van der Waals surface area (Å²) in [4.78, 5) is 25.5. The van der Waals surface area contributed by atoms with Gasteiger partial charge in [0.2, 0.25) is 11.8 Å². The number of halogens is 2. The minimum atomic E-state index is -0.218. The Morgan fingerprint density at radius 2 is 2.00 bits per heavy atom. The van der Waals surface area contributed by atoms with Crippen molar-refractivity contribution < 1.29 is 9.59 Å². The SMILES string of the molecule is NC(=O)C1CCCN(CCCNC(=O)Cc2c(Cl)cccc2Cl)C1. The van der Waals surface area contributed by atoms with Crippen LogP contribution in [-0.4, -0.2) is 42.9 Å². The Morgan fingerprint density at radius 1 is 1.29 bits per heavy atom. The molecule has 1 aromatic rings. The molecule has 7 heteroatoms. The van der Waals surface area contributed by atoms with Crippen LogP contribution in [0.15, 0.2) is 18.2 Å². The van der Waals surface area contributed by atoms with Crippen molar-refractivity contribution in [2.75, 3.05) is 26.2 Å². The molecule has 1 heterocycles. The van der Waals surface area contributed by atoms with Crippen LogP contribution in [0.4, 0.5) is 0 Å². The van der Waals surface area contributed by atoms with Crippen molar-refractivity contribution >= 4 is 35.0 Å². The van der Waals surface area contributed by atoms with Crippen molar-refractivity contribution in [3.8, 4) is 0 Å². The molecule has 24 heavy (non-hydrogen) atoms. The van der Waals surface area contributed by atoms with E-state index in [1.54, 1.807) is 18.2 Å². The number of hydrogen-bond acceptors (Lipinski definition) is 3. The third-order valence-electron chi connectivity index (χ3n) is 4.28. The number of rotatable bonds is 7. The molecule has 5 nitrogen and oxygen atoms in total. The lowest BCUT2D eigenvalue weighted by molar-refractivity contribution is -0.123. The summed E-state index contributed by atoms with van der Waals surface area (Å²) in [6.45, 7) is 3.13. The minimum absolute atomic E-state index is 0.0456. The summed E-state index contributed by atoms with van der Waals surface area (Å²) >= 11 is 12.1. The number of nitrogens with one attached hydrogen (secondary N) is 1. The zero-order chi connectivity index (χ0) is 17.5. The molecule has 0 aromatic heterocycles. The maximum atomic E-state index is 12.0. The molecule has 1 fully saturated rings. The molecular formula is C17H23Cl2N3O2. The average molecular weight is 372 g/mol. The number of carbonyl (C=O) groups excluding carboxylic acids is 2. The maximum Gasteiger partial charge on any atom is 0.224 e. The van der Waals surface area contributed by atoms with E-state index in [0.29, 0.717) is 22.2 Å². The predicted octanol–water partition coefficient (Wildman–Crippen LogP) is 2.24. The van der Waals surface area contributed by atoms with Crippen LogP contribution in [0.5, 0.6) is 0 Å². The van der Waals surface area contributed by atoms with Gasteiger partial charge in [-0.25, -0.2) is 0 Å². The van der Waals surface area contributed by atoms with Crippen molar-refractivity contribution in [3.05, 3.63) is 33.8 Å². The van der Waals surface area contributed by atoms with Gasteiger partial charge in [0.25, 0.3) is 0 Å². The quantitative estimate of drug-likeness (QED) is 0.721. The van der Waals surface area contributed by atoms with E-state index in [4.69, 9.17) is 28.9 Å². The molecule has 0 bridgehead atoms. The van der Waals surface area contributed by atoms with E-state index in [2.05, 4.69) is 10.2 Å². The number of nitrogens with zero attached hydrogens (tertiary/aromatic N) is 1. The van der Waals surface area contributed by atoms with E-state index in [0.717, 1.165) is 38.9 Å². The van der Waals surface area contributed by atoms with Gasteiger partial charge in [-0.1, -0.05) is 29.3 Å². The molecule has 1 aromatic carbocycles. The van der Waals surface area contributed by atoms with Gasteiger partial charge in [0.05, 0.1) is 12.3 Å². The molecule has 0 saturated carbocycles. The number of primary amides is 1. The number of hydrogen-bond donors (Lipinski definition) is 2. The summed E-state index contributed by atoms with van der Waals surface area (Å²) in [6, 6.07) is 5.20. The normalized spacial score (nSPS) is 18.3. The van der Waals surface area contributed by atoms with Gasteiger partial charge in [-0.3, -0.25) is 9.59 Å². The molecule has 132 valence electrons. The zero-order valence-electron chi connectivity index (χ0n) is 13.6. The highest BCUT2D eigenvalue weighted by atomic mass is 35.5. The maximum absolute atomic E-state index is 12.0. The second-order valence-corrected chi connectivity index (χ2v) is 6.94. The van der Waals surface area contributed by atoms with Crippen molar-refractivity contribution in [1.82, 2.24) is 10.2 Å². The highest BCUT2D eigenvalue weighted by molar-refractivity contribution is 6.36. The topological polar surface area (TPSA) is 75.4 Å². The first-order valence-electron chi connectivity index (χ1n) is 8.18. The van der Waals surface area contributed by atoms with Crippen LogP contribution in [0.3, 0.4) is 0 Å². The number of carbonyl (C=O) groups is 2. The molecule has 0 radical (unpaired) electrons. The van der Waals surface area contributed by atoms with Gasteiger partial charge >= 0.3 is 0 Å². The van der Waals surface area contributed by atoms with Gasteiger partial charge in [0.1, 0.15) is 0 Å². The second-order valence-electron chi connectivity index (χ2n) is 6.12. The van der Waals surface area contributed by atoms with Crippen LogP contribution in [0, 0.1) is 5.92 Å². The van der Waals surface area contributed by atoms with E-state index in [1.807, 2.05) is 0 Å². The van der Waals surface area contributed by atoms with E-state index in [1.165, 1.54) is 0 Å². The molecular weight excluding hydrogens is 349 g/mol. The third-order valence-corrected chi connectivity index (χ3v) is 4.99. The number of amides is 2. The van der Waals surface area contributed by atoms with Crippen LogP contribution in [0.25, 0.3) is 0 Å². The van der Waals surface area contributed by atoms with Crippen LogP contribution in [0.2, 0.25) is 10.0 Å². The van der Waals surface area contributed by atoms with Gasteiger partial charge in [0, 0.05) is 23.1 Å². The monoisotopic (exact) mass is 371 g/mol. The lowest BCUT2D eigenvalue weighted by atomic mass is 9.97. The molecule has 1 aliphatic rings. The second kappa shape index (κ2) is 9.25. The summed E-state index contributed by atoms with van der Waals surface area (Å²) in [6.07, 6.45) is 2.87. The molecule has 0 spiro atoms. The molecule has 1 aliphatic heterocycles. The van der Waals surface area contributed by atoms with E-state index >= 15 is 0 Å². The van der Waals surface area contributed by atoms with Crippen LogP contribution < -0.4 is 11.1 Å². The molecule has 1 atom stereocenters. The van der Waals surface area contributed by atoms with E-state index < -0.39 is 0 Å². The molecule has 2 rings (SSSR count). The smallest absolute Gasteiger partial charge is 0.224 e. The zero-order valence-corrected chi connectivity index (χ0v) is 15.1. The number of piperidine rings is 1. The summed E-state index contributed by atoms with van der Waals surface area (Å²) in [5, 5.41) is 3.89. The molecule has 0 aliphatic carbocycles. The molecule has 2 amide bonds. The van der Waals surface area contributed by atoms with Crippen molar-refractivity contribution in [1.29, 1.82) is 0 Å². The fraction of sp³-hybridized carbons (Fsp3) is 0.529. The van der Waals surface area contributed by atoms with Crippen LogP contribution >= 0.6 is 23.2 Å². The average Bonchev–Trinajstić information content (AvgIpc) is 2.55. The Labute approximate surface area is 152 Å². The standard InChI is InChI=1S/C17H23Cl2N3O2/c18-14-5-1-6-15(19)13(14)10-16(23)21-7-3-9-22-8-2-4-12(11-22)17(20)24/h1,5-6,12H,2-4,7-11H2,(H2,20,24)(H,21,23). The van der Waals surface area contributed by atoms with Crippen LogP contribution in [-0.2, 0) is 16.0 Å². The Balaban J connectivity index is 1.69. The lowest BCUT2D eigenvalue weighted by Crippen LogP contribution is -2.42. The number of benzene rings is 1. The summed E-state index contributed by atoms with van der Waals surface area (Å²) in [7, 11) is 0. The third kappa shape index (κ3) is 5.65. The van der Waals surface area contributed by atoms with Gasteiger partial charge < -0.3 is 16.0 Å². The first-order chi connectivity index (χ1) is 11.5. The largest absolute Gasteiger partial charge is 0.369 e. The minimum Gasteiger partial charge on any atom is -0.369 e. The number of likely N-dealkylation sites (tertiary alicyclic amines) is 1. The Hall–Kier alpha value is -1.30. The van der Waals surface area contributed by atoms with Crippen molar-refractivity contribution in [2.24, 2.45) is 11.7 Å². The fourth-order valence-corrected chi connectivity index (χ4v) is 3.48. The summed E-state index contributed by atoms with van der Waals surface area (Å²) in [5.74, 6) is -0.362. The van der Waals surface area contributed by atoms with Crippen molar-refractivity contribution in [3.63, 3.8) is 0 Å². The first-order valence-corrected chi connectivity index (χ1v) is 8.94. The van der Waals surface area contributed by atoms with E-state index in [9.17, 15) is 9.59 Å². The lowest BCUT2D eigenvalue weighted by Gasteiger charge is -2.31. The Kier molecular flexibility index (Phi) is 7.34. The highest BCUT2D eigenvalue weighted by Gasteiger charge is 2.23. The van der Waals surface area contributed by atoms with Gasteiger partial charge in [0.15, 0.2) is 0 Å². The Bertz CT molecular complexity index is 575. The Morgan fingerprint density at radius 3 is 2.67 bits per heavy atom. The summed E-state index contributed by atoms with van der Waals surface area (Å²) in [5.41, 5.74) is 6.03. The van der Waals surface area contributed by atoms with E-state index in [-0.39, 0.29) is 24.2 Å². The van der Waals surface area contributed by atoms with Gasteiger partial charge in [-0.05, 0) is 50.0 Å². The molecule has 3 N–H and O–H groups in total. The molecule has 1 saturated heterocycles.